The molecule has 0 saturated heterocycles. The van der Waals surface area contributed by atoms with Crippen LogP contribution >= 0.6 is 15.9 Å². The Balaban J connectivity index is 2.98. The van der Waals surface area contributed by atoms with Crippen LogP contribution in [0.15, 0.2) is 22.7 Å². The first-order valence-corrected chi connectivity index (χ1v) is 6.10. The average molecular weight is 318 g/mol. The number of hydrogen-bond acceptors (Lipinski definition) is 2. The number of rotatable bonds is 4. The number of carbonyl (C=O) groups is 2. The number of aliphatic carboxylic acids is 1. The molecule has 6 heteroatoms. The minimum Gasteiger partial charge on any atom is -0.480 e. The summed E-state index contributed by atoms with van der Waals surface area (Å²) in [5.41, 5.74) is -1.29. The van der Waals surface area contributed by atoms with Gasteiger partial charge in [-0.3, -0.25) is 4.79 Å². The highest BCUT2D eigenvalue weighted by Gasteiger charge is 2.33. The molecule has 18 heavy (non-hydrogen) atoms. The number of carbonyl (C=O) groups excluding carboxylic acids is 1. The lowest BCUT2D eigenvalue weighted by Crippen LogP contribution is -2.51. The molecular weight excluding hydrogens is 305 g/mol. The van der Waals surface area contributed by atoms with Crippen LogP contribution in [0.5, 0.6) is 0 Å². The van der Waals surface area contributed by atoms with Gasteiger partial charge < -0.3 is 10.4 Å². The Morgan fingerprint density at radius 1 is 1.44 bits per heavy atom. The molecule has 0 aliphatic carbocycles. The lowest BCUT2D eigenvalue weighted by Gasteiger charge is -2.24. The lowest BCUT2D eigenvalue weighted by molar-refractivity contribution is -0.143. The summed E-state index contributed by atoms with van der Waals surface area (Å²) in [6.45, 7) is 3.05. The minimum absolute atomic E-state index is 0.0720. The summed E-state index contributed by atoms with van der Waals surface area (Å²) in [7, 11) is 0. The van der Waals surface area contributed by atoms with Crippen molar-refractivity contribution in [2.75, 3.05) is 0 Å². The number of nitrogens with one attached hydrogen (secondary N) is 1. The van der Waals surface area contributed by atoms with Crippen molar-refractivity contribution in [3.63, 3.8) is 0 Å². The lowest BCUT2D eigenvalue weighted by atomic mass is 9.98. The van der Waals surface area contributed by atoms with Gasteiger partial charge in [-0.05, 0) is 31.5 Å². The van der Waals surface area contributed by atoms with Crippen molar-refractivity contribution in [2.45, 2.75) is 25.8 Å². The number of benzene rings is 1. The molecule has 0 aromatic heterocycles. The van der Waals surface area contributed by atoms with Gasteiger partial charge >= 0.3 is 5.97 Å². The van der Waals surface area contributed by atoms with Crippen LogP contribution < -0.4 is 5.32 Å². The van der Waals surface area contributed by atoms with E-state index < -0.39 is 23.2 Å². The predicted octanol–water partition coefficient (Wildman–Crippen LogP) is 2.57. The van der Waals surface area contributed by atoms with Crippen LogP contribution in [0.25, 0.3) is 0 Å². The molecule has 1 unspecified atom stereocenters. The molecule has 1 rings (SSSR count). The number of carboxylic acid groups (broad SMARTS) is 1. The van der Waals surface area contributed by atoms with Crippen LogP contribution in [-0.4, -0.2) is 22.5 Å². The van der Waals surface area contributed by atoms with E-state index in [9.17, 15) is 14.0 Å². The standard InChI is InChI=1S/C12H13BrFNO3/c1-3-12(2,11(17)18)15-10(16)7-4-8(13)6-9(14)5-7/h4-6H,3H2,1-2H3,(H,15,16)(H,17,18). The Kier molecular flexibility index (Phi) is 4.45. The van der Waals surface area contributed by atoms with Crippen LogP contribution in [0.1, 0.15) is 30.6 Å². The van der Waals surface area contributed by atoms with Crippen LogP contribution in [-0.2, 0) is 4.79 Å². The summed E-state index contributed by atoms with van der Waals surface area (Å²) < 4.78 is 13.6. The van der Waals surface area contributed by atoms with E-state index in [0.717, 1.165) is 6.07 Å². The van der Waals surface area contributed by atoms with E-state index in [-0.39, 0.29) is 12.0 Å². The molecule has 1 atom stereocenters. The van der Waals surface area contributed by atoms with Gasteiger partial charge in [0.15, 0.2) is 0 Å². The molecule has 0 aliphatic heterocycles. The summed E-state index contributed by atoms with van der Waals surface area (Å²) in [5.74, 6) is -2.32. The number of halogens is 2. The van der Waals surface area contributed by atoms with Crippen molar-refractivity contribution in [3.8, 4) is 0 Å². The van der Waals surface area contributed by atoms with Gasteiger partial charge in [0, 0.05) is 10.0 Å². The largest absolute Gasteiger partial charge is 0.480 e. The van der Waals surface area contributed by atoms with Crippen LogP contribution in [0, 0.1) is 5.82 Å². The van der Waals surface area contributed by atoms with Crippen molar-refractivity contribution in [2.24, 2.45) is 0 Å². The van der Waals surface area contributed by atoms with Crippen molar-refractivity contribution < 1.29 is 19.1 Å². The minimum atomic E-state index is -1.37. The zero-order chi connectivity index (χ0) is 13.9. The van der Waals surface area contributed by atoms with E-state index in [4.69, 9.17) is 5.11 Å². The van der Waals surface area contributed by atoms with Crippen molar-refractivity contribution in [1.29, 1.82) is 0 Å². The Bertz CT molecular complexity index is 472. The fraction of sp³-hybridized carbons (Fsp3) is 0.333. The first kappa shape index (κ1) is 14.6. The quantitative estimate of drug-likeness (QED) is 0.897. The molecule has 0 bridgehead atoms. The van der Waals surface area contributed by atoms with Crippen molar-refractivity contribution in [1.82, 2.24) is 5.32 Å². The first-order valence-electron chi connectivity index (χ1n) is 5.30. The third-order valence-corrected chi connectivity index (χ3v) is 3.15. The summed E-state index contributed by atoms with van der Waals surface area (Å²) in [5, 5.41) is 11.4. The monoisotopic (exact) mass is 317 g/mol. The van der Waals surface area contributed by atoms with Gasteiger partial charge in [-0.1, -0.05) is 22.9 Å². The summed E-state index contributed by atoms with van der Waals surface area (Å²) in [6, 6.07) is 3.70. The molecule has 1 aromatic rings. The fourth-order valence-corrected chi connectivity index (χ4v) is 1.77. The van der Waals surface area contributed by atoms with Gasteiger partial charge in [-0.15, -0.1) is 0 Å². The Morgan fingerprint density at radius 2 is 2.06 bits per heavy atom. The highest BCUT2D eigenvalue weighted by atomic mass is 79.9. The van der Waals surface area contributed by atoms with Gasteiger partial charge in [-0.2, -0.15) is 0 Å². The highest BCUT2D eigenvalue weighted by Crippen LogP contribution is 2.16. The van der Waals surface area contributed by atoms with E-state index in [1.165, 1.54) is 19.1 Å². The maximum absolute atomic E-state index is 13.1. The molecular formula is C12H13BrFNO3. The SMILES string of the molecule is CCC(C)(NC(=O)c1cc(F)cc(Br)c1)C(=O)O. The smallest absolute Gasteiger partial charge is 0.329 e. The maximum Gasteiger partial charge on any atom is 0.329 e. The summed E-state index contributed by atoms with van der Waals surface area (Å²) >= 11 is 3.07. The fourth-order valence-electron chi connectivity index (χ4n) is 1.30. The first-order chi connectivity index (χ1) is 8.28. The maximum atomic E-state index is 13.1. The topological polar surface area (TPSA) is 66.4 Å². The second-order valence-electron chi connectivity index (χ2n) is 4.10. The summed E-state index contributed by atoms with van der Waals surface area (Å²) in [6.07, 6.45) is 0.227. The number of carboxylic acids is 1. The van der Waals surface area contributed by atoms with E-state index in [1.807, 2.05) is 0 Å². The van der Waals surface area contributed by atoms with E-state index in [1.54, 1.807) is 6.92 Å². The Morgan fingerprint density at radius 3 is 2.50 bits per heavy atom. The molecule has 1 amide bonds. The molecule has 0 heterocycles. The summed E-state index contributed by atoms with van der Waals surface area (Å²) in [4.78, 5) is 22.9. The zero-order valence-corrected chi connectivity index (χ0v) is 11.5. The molecule has 0 saturated carbocycles. The van der Waals surface area contributed by atoms with Gasteiger partial charge in [0.1, 0.15) is 11.4 Å². The van der Waals surface area contributed by atoms with Crippen LogP contribution in [0.3, 0.4) is 0 Å². The van der Waals surface area contributed by atoms with Gasteiger partial charge in [0.05, 0.1) is 0 Å². The van der Waals surface area contributed by atoms with Crippen molar-refractivity contribution in [3.05, 3.63) is 34.1 Å². The average Bonchev–Trinajstić information content (AvgIpc) is 2.27. The van der Waals surface area contributed by atoms with E-state index in [0.29, 0.717) is 4.47 Å². The Labute approximate surface area is 112 Å². The molecule has 1 aromatic carbocycles. The van der Waals surface area contributed by atoms with E-state index >= 15 is 0 Å². The molecule has 4 nitrogen and oxygen atoms in total. The van der Waals surface area contributed by atoms with Crippen LogP contribution in [0.4, 0.5) is 4.39 Å². The Hall–Kier alpha value is -1.43. The van der Waals surface area contributed by atoms with E-state index in [2.05, 4.69) is 21.2 Å². The number of amides is 1. The molecule has 0 radical (unpaired) electrons. The third kappa shape index (κ3) is 3.29. The molecule has 98 valence electrons. The molecule has 2 N–H and O–H groups in total. The van der Waals surface area contributed by atoms with Gasteiger partial charge in [0.25, 0.3) is 5.91 Å². The second-order valence-corrected chi connectivity index (χ2v) is 5.02. The second kappa shape index (κ2) is 5.48. The third-order valence-electron chi connectivity index (χ3n) is 2.69. The predicted molar refractivity (Wildman–Crippen MR) is 67.9 cm³/mol. The molecule has 0 aliphatic rings. The van der Waals surface area contributed by atoms with Crippen LogP contribution in [0.2, 0.25) is 0 Å². The van der Waals surface area contributed by atoms with Crippen molar-refractivity contribution >= 4 is 27.8 Å². The highest BCUT2D eigenvalue weighted by molar-refractivity contribution is 9.10. The normalized spacial score (nSPS) is 13.8. The van der Waals surface area contributed by atoms with Gasteiger partial charge in [0.2, 0.25) is 0 Å². The van der Waals surface area contributed by atoms with Gasteiger partial charge in [-0.25, -0.2) is 9.18 Å². The molecule has 0 spiro atoms. The zero-order valence-electron chi connectivity index (χ0n) is 9.96. The number of hydrogen-bond donors (Lipinski definition) is 2. The molecule has 0 fully saturated rings.